The molecule has 0 aliphatic carbocycles. The van der Waals surface area contributed by atoms with Gasteiger partial charge in [-0.3, -0.25) is 14.9 Å². The lowest BCUT2D eigenvalue weighted by molar-refractivity contribution is -0.384. The molecule has 6 heteroatoms. The Kier molecular flexibility index (Phi) is 5.01. The van der Waals surface area contributed by atoms with Gasteiger partial charge < -0.3 is 5.32 Å². The summed E-state index contributed by atoms with van der Waals surface area (Å²) >= 11 is 5.98. The average molecular weight is 333 g/mol. The van der Waals surface area contributed by atoms with Gasteiger partial charge in [0.1, 0.15) is 0 Å². The van der Waals surface area contributed by atoms with Crippen LogP contribution in [-0.4, -0.2) is 10.8 Å². The number of benzene rings is 2. The van der Waals surface area contributed by atoms with Crippen LogP contribution < -0.4 is 5.32 Å². The molecule has 1 atom stereocenters. The van der Waals surface area contributed by atoms with Crippen LogP contribution in [0.5, 0.6) is 0 Å². The molecular weight excluding hydrogens is 316 g/mol. The predicted molar refractivity (Wildman–Crippen MR) is 89.9 cm³/mol. The summed E-state index contributed by atoms with van der Waals surface area (Å²) < 4.78 is 0. The van der Waals surface area contributed by atoms with E-state index in [4.69, 9.17) is 11.6 Å². The van der Waals surface area contributed by atoms with E-state index in [9.17, 15) is 14.9 Å². The first-order chi connectivity index (χ1) is 10.8. The van der Waals surface area contributed by atoms with Gasteiger partial charge in [0.05, 0.1) is 21.6 Å². The molecule has 0 aromatic heterocycles. The van der Waals surface area contributed by atoms with E-state index in [2.05, 4.69) is 5.32 Å². The van der Waals surface area contributed by atoms with Crippen molar-refractivity contribution in [3.05, 3.63) is 73.8 Å². The quantitative estimate of drug-likeness (QED) is 0.668. The van der Waals surface area contributed by atoms with Crippen LogP contribution in [0.4, 0.5) is 5.69 Å². The number of nitro groups is 1. The van der Waals surface area contributed by atoms with Crippen molar-refractivity contribution in [3.8, 4) is 0 Å². The summed E-state index contributed by atoms with van der Waals surface area (Å²) in [6.45, 7) is 5.92. The van der Waals surface area contributed by atoms with Crippen LogP contribution in [0.1, 0.15) is 40.0 Å². The number of non-ortho nitro benzene ring substituents is 1. The number of nitro benzene ring substituents is 1. The van der Waals surface area contributed by atoms with Crippen LogP contribution in [-0.2, 0) is 0 Å². The lowest BCUT2D eigenvalue weighted by Gasteiger charge is -2.16. The van der Waals surface area contributed by atoms with Crippen LogP contribution in [0.3, 0.4) is 0 Å². The predicted octanol–water partition coefficient (Wildman–Crippen LogP) is 4.36. The van der Waals surface area contributed by atoms with Crippen molar-refractivity contribution < 1.29 is 9.72 Å². The molecule has 0 bridgehead atoms. The first-order valence-corrected chi connectivity index (χ1v) is 7.49. The largest absolute Gasteiger partial charge is 0.345 e. The minimum Gasteiger partial charge on any atom is -0.345 e. The van der Waals surface area contributed by atoms with Gasteiger partial charge in [0.25, 0.3) is 11.6 Å². The number of aryl methyl sites for hydroxylation is 2. The number of nitrogens with zero attached hydrogens (tertiary/aromatic N) is 1. The van der Waals surface area contributed by atoms with Gasteiger partial charge in [-0.05, 0) is 43.5 Å². The average Bonchev–Trinajstić information content (AvgIpc) is 2.49. The van der Waals surface area contributed by atoms with Gasteiger partial charge in [0.2, 0.25) is 0 Å². The molecule has 120 valence electrons. The lowest BCUT2D eigenvalue weighted by Crippen LogP contribution is -2.27. The summed E-state index contributed by atoms with van der Waals surface area (Å²) in [7, 11) is 0. The minimum atomic E-state index is -0.550. The summed E-state index contributed by atoms with van der Waals surface area (Å²) in [5.74, 6) is -0.365. The molecule has 0 saturated carbocycles. The van der Waals surface area contributed by atoms with E-state index in [0.29, 0.717) is 0 Å². The highest BCUT2D eigenvalue weighted by molar-refractivity contribution is 6.34. The first-order valence-electron chi connectivity index (χ1n) is 7.11. The van der Waals surface area contributed by atoms with Crippen LogP contribution in [0, 0.1) is 24.0 Å². The third-order valence-electron chi connectivity index (χ3n) is 3.79. The highest BCUT2D eigenvalue weighted by atomic mass is 35.5. The van der Waals surface area contributed by atoms with E-state index < -0.39 is 4.92 Å². The van der Waals surface area contributed by atoms with Gasteiger partial charge in [-0.15, -0.1) is 0 Å². The zero-order chi connectivity index (χ0) is 17.1. The number of hydrogen-bond acceptors (Lipinski definition) is 3. The molecule has 1 N–H and O–H groups in total. The van der Waals surface area contributed by atoms with Crippen LogP contribution in [0.2, 0.25) is 5.02 Å². The number of amides is 1. The Labute approximate surface area is 139 Å². The number of halogens is 1. The molecule has 0 heterocycles. The first kappa shape index (κ1) is 17.0. The molecule has 0 aliphatic heterocycles. The Morgan fingerprint density at radius 1 is 1.17 bits per heavy atom. The monoisotopic (exact) mass is 332 g/mol. The lowest BCUT2D eigenvalue weighted by atomic mass is 10.0. The number of carbonyl (C=O) groups is 1. The van der Waals surface area contributed by atoms with Crippen molar-refractivity contribution in [1.29, 1.82) is 0 Å². The highest BCUT2D eigenvalue weighted by Crippen LogP contribution is 2.23. The molecule has 0 spiro atoms. The molecule has 0 aliphatic rings. The number of rotatable bonds is 4. The fourth-order valence-corrected chi connectivity index (χ4v) is 2.45. The molecule has 2 aromatic carbocycles. The maximum atomic E-state index is 12.3. The normalized spacial score (nSPS) is 11.8. The Hall–Kier alpha value is -2.40. The van der Waals surface area contributed by atoms with E-state index in [1.807, 2.05) is 39.0 Å². The van der Waals surface area contributed by atoms with E-state index in [-0.39, 0.29) is 28.2 Å². The third-order valence-corrected chi connectivity index (χ3v) is 4.10. The molecule has 2 rings (SSSR count). The smallest absolute Gasteiger partial charge is 0.270 e. The second-order valence-electron chi connectivity index (χ2n) is 5.46. The Balaban J connectivity index is 2.18. The van der Waals surface area contributed by atoms with Crippen molar-refractivity contribution in [3.63, 3.8) is 0 Å². The van der Waals surface area contributed by atoms with Crippen molar-refractivity contribution in [2.75, 3.05) is 0 Å². The second-order valence-corrected chi connectivity index (χ2v) is 5.87. The van der Waals surface area contributed by atoms with Gasteiger partial charge in [-0.25, -0.2) is 0 Å². The molecular formula is C17H17ClN2O3. The van der Waals surface area contributed by atoms with Crippen LogP contribution in [0.25, 0.3) is 0 Å². The number of hydrogen-bond donors (Lipinski definition) is 1. The van der Waals surface area contributed by atoms with Gasteiger partial charge >= 0.3 is 0 Å². The highest BCUT2D eigenvalue weighted by Gasteiger charge is 2.17. The summed E-state index contributed by atoms with van der Waals surface area (Å²) in [6, 6.07) is 9.60. The van der Waals surface area contributed by atoms with Crippen molar-refractivity contribution in [2.45, 2.75) is 26.8 Å². The van der Waals surface area contributed by atoms with E-state index in [0.717, 1.165) is 11.1 Å². The topological polar surface area (TPSA) is 72.2 Å². The van der Waals surface area contributed by atoms with E-state index in [1.54, 1.807) is 0 Å². The minimum absolute atomic E-state index is 0.0592. The van der Waals surface area contributed by atoms with Gasteiger partial charge in [-0.1, -0.05) is 29.8 Å². The Bertz CT molecular complexity index is 774. The van der Waals surface area contributed by atoms with E-state index >= 15 is 0 Å². The molecule has 0 saturated heterocycles. The fourth-order valence-electron chi connectivity index (χ4n) is 2.19. The van der Waals surface area contributed by atoms with Gasteiger partial charge in [0.15, 0.2) is 0 Å². The third kappa shape index (κ3) is 3.87. The Morgan fingerprint density at radius 3 is 2.43 bits per heavy atom. The van der Waals surface area contributed by atoms with E-state index in [1.165, 1.54) is 23.8 Å². The summed E-state index contributed by atoms with van der Waals surface area (Å²) in [5, 5.41) is 13.6. The SMILES string of the molecule is Cc1ccc(C(C)NC(=O)c2ccc([N+](=O)[O-])cc2Cl)cc1C. The zero-order valence-corrected chi connectivity index (χ0v) is 13.8. The molecule has 0 fully saturated rings. The van der Waals surface area contributed by atoms with Crippen molar-refractivity contribution in [2.24, 2.45) is 0 Å². The van der Waals surface area contributed by atoms with Gasteiger partial charge in [0, 0.05) is 12.1 Å². The number of nitrogens with one attached hydrogen (secondary N) is 1. The molecule has 5 nitrogen and oxygen atoms in total. The van der Waals surface area contributed by atoms with Crippen molar-refractivity contribution >= 4 is 23.2 Å². The van der Waals surface area contributed by atoms with Gasteiger partial charge in [-0.2, -0.15) is 0 Å². The van der Waals surface area contributed by atoms with Crippen molar-refractivity contribution in [1.82, 2.24) is 5.32 Å². The van der Waals surface area contributed by atoms with Crippen LogP contribution >= 0.6 is 11.6 Å². The second kappa shape index (κ2) is 6.79. The molecule has 2 aromatic rings. The standard InChI is InChI=1S/C17H17ClN2O3/c1-10-4-5-13(8-11(10)2)12(3)19-17(21)15-7-6-14(20(22)23)9-16(15)18/h4-9,12H,1-3H3,(H,19,21). The molecule has 1 amide bonds. The maximum absolute atomic E-state index is 12.3. The maximum Gasteiger partial charge on any atom is 0.270 e. The summed E-state index contributed by atoms with van der Waals surface area (Å²) in [4.78, 5) is 22.5. The zero-order valence-electron chi connectivity index (χ0n) is 13.1. The summed E-state index contributed by atoms with van der Waals surface area (Å²) in [6.07, 6.45) is 0. The molecule has 23 heavy (non-hydrogen) atoms. The van der Waals surface area contributed by atoms with Crippen LogP contribution in [0.15, 0.2) is 36.4 Å². The molecule has 1 unspecified atom stereocenters. The summed E-state index contributed by atoms with van der Waals surface area (Å²) in [5.41, 5.74) is 3.39. The Morgan fingerprint density at radius 2 is 1.87 bits per heavy atom. The molecule has 0 radical (unpaired) electrons. The fraction of sp³-hybridized carbons (Fsp3) is 0.235. The number of carbonyl (C=O) groups excluding carboxylic acids is 1.